The number of hydrogen-bond donors (Lipinski definition) is 1. The van der Waals surface area contributed by atoms with E-state index in [0.29, 0.717) is 0 Å². The largest absolute Gasteiger partial charge is 0.317 e. The lowest BCUT2D eigenvalue weighted by molar-refractivity contribution is 0.640. The highest BCUT2D eigenvalue weighted by atomic mass is 14.8. The summed E-state index contributed by atoms with van der Waals surface area (Å²) < 4.78 is 0. The number of aryl methyl sites for hydroxylation is 3. The maximum atomic E-state index is 3.43. The Bertz CT molecular complexity index is 271. The standard InChI is InChI=1S/C14H23N/c1-4-7-15-8-5-6-14-10-12(2)9-13(3)11-14/h9-11,15H,4-8H2,1-3H3. The predicted octanol–water partition coefficient (Wildman–Crippen LogP) is 3.24. The first kappa shape index (κ1) is 12.3. The van der Waals surface area contributed by atoms with Gasteiger partial charge in [0.2, 0.25) is 0 Å². The highest BCUT2D eigenvalue weighted by molar-refractivity contribution is 5.28. The topological polar surface area (TPSA) is 12.0 Å². The fourth-order valence-electron chi connectivity index (χ4n) is 1.93. The second-order valence-corrected chi connectivity index (χ2v) is 4.35. The average molecular weight is 205 g/mol. The van der Waals surface area contributed by atoms with Crippen molar-refractivity contribution < 1.29 is 0 Å². The Morgan fingerprint density at radius 1 is 1.00 bits per heavy atom. The van der Waals surface area contributed by atoms with Gasteiger partial charge in [-0.2, -0.15) is 0 Å². The van der Waals surface area contributed by atoms with Crippen molar-refractivity contribution in [1.82, 2.24) is 5.32 Å². The molecular weight excluding hydrogens is 182 g/mol. The molecule has 1 rings (SSSR count). The van der Waals surface area contributed by atoms with Gasteiger partial charge in [-0.25, -0.2) is 0 Å². The molecular formula is C14H23N. The van der Waals surface area contributed by atoms with E-state index in [4.69, 9.17) is 0 Å². The van der Waals surface area contributed by atoms with E-state index >= 15 is 0 Å². The van der Waals surface area contributed by atoms with Crippen molar-refractivity contribution in [3.63, 3.8) is 0 Å². The van der Waals surface area contributed by atoms with E-state index in [0.717, 1.165) is 13.1 Å². The van der Waals surface area contributed by atoms with E-state index in [-0.39, 0.29) is 0 Å². The summed E-state index contributed by atoms with van der Waals surface area (Å²) in [6, 6.07) is 6.83. The molecule has 1 N–H and O–H groups in total. The Kier molecular flexibility index (Phi) is 5.41. The van der Waals surface area contributed by atoms with Crippen LogP contribution >= 0.6 is 0 Å². The van der Waals surface area contributed by atoms with Crippen LogP contribution in [-0.4, -0.2) is 13.1 Å². The summed E-state index contributed by atoms with van der Waals surface area (Å²) in [5.41, 5.74) is 4.24. The van der Waals surface area contributed by atoms with Crippen molar-refractivity contribution >= 4 is 0 Å². The van der Waals surface area contributed by atoms with Crippen LogP contribution in [-0.2, 0) is 6.42 Å². The summed E-state index contributed by atoms with van der Waals surface area (Å²) in [6.45, 7) is 8.84. The summed E-state index contributed by atoms with van der Waals surface area (Å²) in [5, 5.41) is 3.43. The smallest absolute Gasteiger partial charge is 0.00458 e. The van der Waals surface area contributed by atoms with Crippen molar-refractivity contribution in [3.05, 3.63) is 34.9 Å². The van der Waals surface area contributed by atoms with Crippen LogP contribution in [0.1, 0.15) is 36.5 Å². The molecule has 0 amide bonds. The summed E-state index contributed by atoms with van der Waals surface area (Å²) in [5.74, 6) is 0. The lowest BCUT2D eigenvalue weighted by Gasteiger charge is -2.05. The Hall–Kier alpha value is -0.820. The van der Waals surface area contributed by atoms with Crippen molar-refractivity contribution in [2.24, 2.45) is 0 Å². The van der Waals surface area contributed by atoms with Gasteiger partial charge in [-0.05, 0) is 51.8 Å². The molecule has 15 heavy (non-hydrogen) atoms. The van der Waals surface area contributed by atoms with E-state index < -0.39 is 0 Å². The number of rotatable bonds is 6. The third-order valence-electron chi connectivity index (χ3n) is 2.53. The van der Waals surface area contributed by atoms with Gasteiger partial charge in [0.1, 0.15) is 0 Å². The van der Waals surface area contributed by atoms with Gasteiger partial charge in [0, 0.05) is 0 Å². The fourth-order valence-corrected chi connectivity index (χ4v) is 1.93. The molecule has 0 unspecified atom stereocenters. The second kappa shape index (κ2) is 6.62. The quantitative estimate of drug-likeness (QED) is 0.703. The van der Waals surface area contributed by atoms with E-state index in [1.165, 1.54) is 36.0 Å². The summed E-state index contributed by atoms with van der Waals surface area (Å²) in [4.78, 5) is 0. The Morgan fingerprint density at radius 2 is 1.67 bits per heavy atom. The molecule has 0 aliphatic carbocycles. The van der Waals surface area contributed by atoms with Crippen molar-refractivity contribution in [2.45, 2.75) is 40.0 Å². The molecule has 1 nitrogen and oxygen atoms in total. The molecule has 0 heterocycles. The first-order chi connectivity index (χ1) is 7.22. The molecule has 0 fully saturated rings. The van der Waals surface area contributed by atoms with E-state index in [9.17, 15) is 0 Å². The van der Waals surface area contributed by atoms with Crippen LogP contribution in [0.25, 0.3) is 0 Å². The van der Waals surface area contributed by atoms with Gasteiger partial charge in [-0.3, -0.25) is 0 Å². The van der Waals surface area contributed by atoms with Crippen molar-refractivity contribution in [1.29, 1.82) is 0 Å². The molecule has 1 aromatic rings. The molecule has 84 valence electrons. The van der Waals surface area contributed by atoms with E-state index in [2.05, 4.69) is 44.3 Å². The van der Waals surface area contributed by atoms with Crippen LogP contribution < -0.4 is 5.32 Å². The summed E-state index contributed by atoms with van der Waals surface area (Å²) in [7, 11) is 0. The van der Waals surface area contributed by atoms with Crippen molar-refractivity contribution in [3.8, 4) is 0 Å². The first-order valence-electron chi connectivity index (χ1n) is 6.00. The molecule has 0 spiro atoms. The average Bonchev–Trinajstić information content (AvgIpc) is 2.16. The van der Waals surface area contributed by atoms with E-state index in [1.807, 2.05) is 0 Å². The fraction of sp³-hybridized carbons (Fsp3) is 0.571. The van der Waals surface area contributed by atoms with Gasteiger partial charge >= 0.3 is 0 Å². The van der Waals surface area contributed by atoms with Gasteiger partial charge < -0.3 is 5.32 Å². The zero-order valence-corrected chi connectivity index (χ0v) is 10.3. The first-order valence-corrected chi connectivity index (χ1v) is 6.00. The maximum absolute atomic E-state index is 3.43. The Balaban J connectivity index is 2.31. The molecule has 0 aromatic heterocycles. The van der Waals surface area contributed by atoms with Gasteiger partial charge in [0.25, 0.3) is 0 Å². The molecule has 1 heteroatoms. The molecule has 0 radical (unpaired) electrons. The minimum atomic E-state index is 1.14. The second-order valence-electron chi connectivity index (χ2n) is 4.35. The molecule has 0 saturated heterocycles. The van der Waals surface area contributed by atoms with Crippen LogP contribution in [0.2, 0.25) is 0 Å². The van der Waals surface area contributed by atoms with E-state index in [1.54, 1.807) is 0 Å². The summed E-state index contributed by atoms with van der Waals surface area (Å²) >= 11 is 0. The minimum Gasteiger partial charge on any atom is -0.317 e. The molecule has 0 aliphatic rings. The minimum absolute atomic E-state index is 1.14. The van der Waals surface area contributed by atoms with Gasteiger partial charge in [0.05, 0.1) is 0 Å². The maximum Gasteiger partial charge on any atom is -0.00458 e. The number of benzene rings is 1. The SMILES string of the molecule is CCCNCCCc1cc(C)cc(C)c1. The molecule has 0 bridgehead atoms. The van der Waals surface area contributed by atoms with Crippen LogP contribution in [0.15, 0.2) is 18.2 Å². The van der Waals surface area contributed by atoms with Gasteiger partial charge in [0.15, 0.2) is 0 Å². The molecule has 0 atom stereocenters. The van der Waals surface area contributed by atoms with Crippen LogP contribution in [0, 0.1) is 13.8 Å². The lowest BCUT2D eigenvalue weighted by Crippen LogP contribution is -2.16. The third-order valence-corrected chi connectivity index (χ3v) is 2.53. The normalized spacial score (nSPS) is 10.6. The third kappa shape index (κ3) is 4.98. The number of hydrogen-bond acceptors (Lipinski definition) is 1. The Morgan fingerprint density at radius 3 is 2.27 bits per heavy atom. The zero-order chi connectivity index (χ0) is 11.1. The van der Waals surface area contributed by atoms with Crippen LogP contribution in [0.3, 0.4) is 0 Å². The highest BCUT2D eigenvalue weighted by Crippen LogP contribution is 2.10. The summed E-state index contributed by atoms with van der Waals surface area (Å²) in [6.07, 6.45) is 3.66. The molecule has 0 aliphatic heterocycles. The molecule has 0 saturated carbocycles. The van der Waals surface area contributed by atoms with Crippen LogP contribution in [0.5, 0.6) is 0 Å². The zero-order valence-electron chi connectivity index (χ0n) is 10.3. The van der Waals surface area contributed by atoms with Crippen LogP contribution in [0.4, 0.5) is 0 Å². The lowest BCUT2D eigenvalue weighted by atomic mass is 10.0. The predicted molar refractivity (Wildman–Crippen MR) is 67.4 cm³/mol. The Labute approximate surface area is 93.9 Å². The monoisotopic (exact) mass is 205 g/mol. The molecule has 1 aromatic carbocycles. The van der Waals surface area contributed by atoms with Crippen molar-refractivity contribution in [2.75, 3.05) is 13.1 Å². The highest BCUT2D eigenvalue weighted by Gasteiger charge is 1.96. The van der Waals surface area contributed by atoms with Gasteiger partial charge in [-0.15, -0.1) is 0 Å². The number of nitrogens with one attached hydrogen (secondary N) is 1. The van der Waals surface area contributed by atoms with Gasteiger partial charge in [-0.1, -0.05) is 36.2 Å².